The fourth-order valence-electron chi connectivity index (χ4n) is 4.87. The molecule has 0 bridgehead atoms. The summed E-state index contributed by atoms with van der Waals surface area (Å²) in [5.41, 5.74) is 9.63. The summed E-state index contributed by atoms with van der Waals surface area (Å²) in [7, 11) is 0. The molecular formula is C34H27N3O. The van der Waals surface area contributed by atoms with E-state index in [1.807, 2.05) is 48.5 Å². The molecule has 6 aromatic rings. The minimum Gasteiger partial charge on any atom is -0.381 e. The lowest BCUT2D eigenvalue weighted by Crippen LogP contribution is -2.10. The number of H-pyrrole nitrogens is 2. The number of hydrogen-bond donors (Lipinski definition) is 3. The molecule has 0 aliphatic carbocycles. The smallest absolute Gasteiger partial charge is 0.257 e. The van der Waals surface area contributed by atoms with Crippen molar-refractivity contribution >= 4 is 16.6 Å². The standard InChI is InChI=1S/C34H27N3O/c1-23(36-22-24-9-4-2-5-10-24)28-18-19-31-30(21-28)32(33(37-31)29-13-8-20-35-34(29)38)27-16-14-26(15-17-27)25-11-6-3-7-12-25/h2-21,36-37H,1,22H2,(H,35,38). The predicted octanol–water partition coefficient (Wildman–Crippen LogP) is 7.62. The van der Waals surface area contributed by atoms with Gasteiger partial charge in [-0.3, -0.25) is 4.79 Å². The fourth-order valence-corrected chi connectivity index (χ4v) is 4.87. The first-order chi connectivity index (χ1) is 18.7. The van der Waals surface area contributed by atoms with E-state index in [9.17, 15) is 4.79 Å². The van der Waals surface area contributed by atoms with Crippen LogP contribution in [0.2, 0.25) is 0 Å². The van der Waals surface area contributed by atoms with E-state index in [1.165, 1.54) is 11.1 Å². The average Bonchev–Trinajstić information content (AvgIpc) is 3.36. The van der Waals surface area contributed by atoms with E-state index >= 15 is 0 Å². The summed E-state index contributed by atoms with van der Waals surface area (Å²) in [6.07, 6.45) is 1.66. The number of aromatic nitrogens is 2. The molecule has 38 heavy (non-hydrogen) atoms. The first-order valence-electron chi connectivity index (χ1n) is 12.6. The molecule has 2 heterocycles. The van der Waals surface area contributed by atoms with Crippen molar-refractivity contribution in [3.05, 3.63) is 150 Å². The maximum Gasteiger partial charge on any atom is 0.257 e. The molecule has 6 rings (SSSR count). The molecule has 3 N–H and O–H groups in total. The van der Waals surface area contributed by atoms with E-state index in [1.54, 1.807) is 6.20 Å². The van der Waals surface area contributed by atoms with Gasteiger partial charge in [-0.2, -0.15) is 0 Å². The van der Waals surface area contributed by atoms with E-state index < -0.39 is 0 Å². The molecule has 0 radical (unpaired) electrons. The predicted molar refractivity (Wildman–Crippen MR) is 158 cm³/mol. The highest BCUT2D eigenvalue weighted by Gasteiger charge is 2.18. The maximum absolute atomic E-state index is 12.8. The van der Waals surface area contributed by atoms with Crippen LogP contribution in [0.1, 0.15) is 11.1 Å². The normalized spacial score (nSPS) is 10.9. The second-order valence-corrected chi connectivity index (χ2v) is 9.31. The first-order valence-corrected chi connectivity index (χ1v) is 12.6. The molecule has 0 aliphatic rings. The number of hydrogen-bond acceptors (Lipinski definition) is 2. The Balaban J connectivity index is 1.44. The molecule has 0 atom stereocenters. The largest absolute Gasteiger partial charge is 0.381 e. The molecule has 4 nitrogen and oxygen atoms in total. The van der Waals surface area contributed by atoms with Gasteiger partial charge >= 0.3 is 0 Å². The van der Waals surface area contributed by atoms with Crippen LogP contribution in [0.25, 0.3) is 50.1 Å². The summed E-state index contributed by atoms with van der Waals surface area (Å²) in [6, 6.07) is 39.1. The molecule has 0 spiro atoms. The van der Waals surface area contributed by atoms with E-state index in [-0.39, 0.29) is 5.56 Å². The third-order valence-corrected chi connectivity index (χ3v) is 6.86. The Kier molecular flexibility index (Phi) is 6.20. The Hall–Kier alpha value is -5.09. The van der Waals surface area contributed by atoms with Crippen molar-refractivity contribution in [2.45, 2.75) is 6.54 Å². The zero-order valence-electron chi connectivity index (χ0n) is 20.9. The van der Waals surface area contributed by atoms with Gasteiger partial charge in [0.1, 0.15) is 0 Å². The van der Waals surface area contributed by atoms with Gasteiger partial charge < -0.3 is 15.3 Å². The van der Waals surface area contributed by atoms with Crippen molar-refractivity contribution in [3.8, 4) is 33.5 Å². The topological polar surface area (TPSA) is 60.7 Å². The number of benzene rings is 4. The highest BCUT2D eigenvalue weighted by molar-refractivity contribution is 6.04. The third kappa shape index (κ3) is 4.56. The van der Waals surface area contributed by atoms with Crippen LogP contribution >= 0.6 is 0 Å². The minimum atomic E-state index is -0.129. The van der Waals surface area contributed by atoms with Crippen molar-refractivity contribution in [2.75, 3.05) is 0 Å². The number of nitrogens with one attached hydrogen (secondary N) is 3. The Bertz CT molecular complexity index is 1780. The summed E-state index contributed by atoms with van der Waals surface area (Å²) in [5, 5.41) is 4.49. The quantitative estimate of drug-likeness (QED) is 0.214. The lowest BCUT2D eigenvalue weighted by molar-refractivity contribution is 0.892. The van der Waals surface area contributed by atoms with Crippen molar-refractivity contribution in [2.24, 2.45) is 0 Å². The second kappa shape index (κ2) is 10.1. The Morgan fingerprint density at radius 1 is 0.737 bits per heavy atom. The SMILES string of the molecule is C=C(NCc1ccccc1)c1ccc2[nH]c(-c3ccc[nH]c3=O)c(-c3ccc(-c4ccccc4)cc3)c2c1. The Labute approximate surface area is 221 Å². The van der Waals surface area contributed by atoms with Gasteiger partial charge in [0.15, 0.2) is 0 Å². The van der Waals surface area contributed by atoms with Crippen LogP contribution in [0, 0.1) is 0 Å². The van der Waals surface area contributed by atoms with Crippen molar-refractivity contribution in [3.63, 3.8) is 0 Å². The van der Waals surface area contributed by atoms with Gasteiger partial charge in [-0.1, -0.05) is 97.6 Å². The molecule has 0 unspecified atom stereocenters. The van der Waals surface area contributed by atoms with Crippen LogP contribution < -0.4 is 10.9 Å². The summed E-state index contributed by atoms with van der Waals surface area (Å²) < 4.78 is 0. The van der Waals surface area contributed by atoms with Crippen molar-refractivity contribution in [1.29, 1.82) is 0 Å². The van der Waals surface area contributed by atoms with Gasteiger partial charge in [0.2, 0.25) is 0 Å². The zero-order valence-corrected chi connectivity index (χ0v) is 20.9. The van der Waals surface area contributed by atoms with Crippen LogP contribution in [-0.4, -0.2) is 9.97 Å². The van der Waals surface area contributed by atoms with Crippen LogP contribution in [-0.2, 0) is 6.54 Å². The van der Waals surface area contributed by atoms with Crippen LogP contribution in [0.15, 0.2) is 133 Å². The van der Waals surface area contributed by atoms with Gasteiger partial charge in [0.05, 0.1) is 11.3 Å². The van der Waals surface area contributed by atoms with Crippen LogP contribution in [0.4, 0.5) is 0 Å². The van der Waals surface area contributed by atoms with Gasteiger partial charge in [-0.25, -0.2) is 0 Å². The van der Waals surface area contributed by atoms with Crippen LogP contribution in [0.3, 0.4) is 0 Å². The highest BCUT2D eigenvalue weighted by Crippen LogP contribution is 2.39. The first kappa shape index (κ1) is 23.3. The summed E-state index contributed by atoms with van der Waals surface area (Å²) in [6.45, 7) is 4.99. The number of rotatable bonds is 7. The second-order valence-electron chi connectivity index (χ2n) is 9.31. The number of fused-ring (bicyclic) bond motifs is 1. The number of aromatic amines is 2. The molecule has 0 saturated heterocycles. The molecule has 4 heteroatoms. The molecule has 184 valence electrons. The molecule has 2 aromatic heterocycles. The summed E-state index contributed by atoms with van der Waals surface area (Å²) >= 11 is 0. The number of pyridine rings is 1. The highest BCUT2D eigenvalue weighted by atomic mass is 16.1. The molecule has 0 saturated carbocycles. The average molecular weight is 494 g/mol. The van der Waals surface area contributed by atoms with E-state index in [2.05, 4.69) is 88.6 Å². The van der Waals surface area contributed by atoms with Crippen molar-refractivity contribution < 1.29 is 0 Å². The van der Waals surface area contributed by atoms with E-state index in [4.69, 9.17) is 0 Å². The maximum atomic E-state index is 12.8. The van der Waals surface area contributed by atoms with E-state index in [0.717, 1.165) is 44.5 Å². The van der Waals surface area contributed by atoms with Crippen LogP contribution in [0.5, 0.6) is 0 Å². The zero-order chi connectivity index (χ0) is 25.9. The summed E-state index contributed by atoms with van der Waals surface area (Å²) in [4.78, 5) is 19.1. The lowest BCUT2D eigenvalue weighted by Gasteiger charge is -2.11. The van der Waals surface area contributed by atoms with E-state index in [0.29, 0.717) is 12.1 Å². The molecule has 0 aliphatic heterocycles. The minimum absolute atomic E-state index is 0.129. The third-order valence-electron chi connectivity index (χ3n) is 6.86. The lowest BCUT2D eigenvalue weighted by atomic mass is 9.95. The fraction of sp³-hybridized carbons (Fsp3) is 0.0294. The molecular weight excluding hydrogens is 466 g/mol. The molecule has 0 fully saturated rings. The molecule has 4 aromatic carbocycles. The van der Waals surface area contributed by atoms with Gasteiger partial charge in [-0.05, 0) is 52.1 Å². The monoisotopic (exact) mass is 493 g/mol. The van der Waals surface area contributed by atoms with Gasteiger partial charge in [-0.15, -0.1) is 0 Å². The van der Waals surface area contributed by atoms with Crippen molar-refractivity contribution in [1.82, 2.24) is 15.3 Å². The Morgan fingerprint density at radius 3 is 2.16 bits per heavy atom. The van der Waals surface area contributed by atoms with Gasteiger partial charge in [0, 0.05) is 34.9 Å². The summed E-state index contributed by atoms with van der Waals surface area (Å²) in [5.74, 6) is 0. The Morgan fingerprint density at radius 2 is 1.42 bits per heavy atom. The molecule has 0 amide bonds. The van der Waals surface area contributed by atoms with Gasteiger partial charge in [0.25, 0.3) is 5.56 Å².